The molecule has 0 bridgehead atoms. The van der Waals surface area contributed by atoms with Crippen LogP contribution in [0.1, 0.15) is 22.5 Å². The van der Waals surface area contributed by atoms with Gasteiger partial charge in [0.05, 0.1) is 16.5 Å². The van der Waals surface area contributed by atoms with Crippen LogP contribution in [0.15, 0.2) is 63.9 Å². The zero-order valence-corrected chi connectivity index (χ0v) is 18.7. The molecule has 164 valence electrons. The van der Waals surface area contributed by atoms with Crippen LogP contribution < -0.4 is 5.32 Å². The van der Waals surface area contributed by atoms with E-state index in [9.17, 15) is 14.4 Å². The van der Waals surface area contributed by atoms with Gasteiger partial charge in [0.1, 0.15) is 18.1 Å². The first-order valence-corrected chi connectivity index (χ1v) is 10.9. The lowest BCUT2D eigenvalue weighted by Crippen LogP contribution is -2.36. The molecule has 1 fully saturated rings. The number of carbonyl (C=O) groups excluding carboxylic acids is 3. The van der Waals surface area contributed by atoms with Crippen molar-refractivity contribution in [2.24, 2.45) is 0 Å². The molecule has 1 N–H and O–H groups in total. The molecule has 0 atom stereocenters. The van der Waals surface area contributed by atoms with E-state index < -0.39 is 17.1 Å². The second-order valence-electron chi connectivity index (χ2n) is 7.53. The Balaban J connectivity index is 1.45. The summed E-state index contributed by atoms with van der Waals surface area (Å²) >= 11 is 0.763. The van der Waals surface area contributed by atoms with E-state index in [1.165, 1.54) is 6.08 Å². The number of nitrogens with one attached hydrogen (secondary N) is 1. The van der Waals surface area contributed by atoms with E-state index in [4.69, 9.17) is 9.68 Å². The van der Waals surface area contributed by atoms with E-state index in [-0.39, 0.29) is 11.4 Å². The molecule has 1 aliphatic rings. The summed E-state index contributed by atoms with van der Waals surface area (Å²) in [6.07, 6.45) is 1.49. The fourth-order valence-corrected chi connectivity index (χ4v) is 4.17. The molecule has 1 aromatic heterocycles. The molecule has 1 saturated heterocycles. The maximum absolute atomic E-state index is 12.7. The Labute approximate surface area is 194 Å². The molecule has 0 saturated carbocycles. The normalized spacial score (nSPS) is 14.6. The first-order chi connectivity index (χ1) is 15.8. The van der Waals surface area contributed by atoms with Crippen LogP contribution >= 0.6 is 11.8 Å². The van der Waals surface area contributed by atoms with Crippen molar-refractivity contribution in [3.63, 3.8) is 0 Å². The van der Waals surface area contributed by atoms with Gasteiger partial charge >= 0.3 is 0 Å². The summed E-state index contributed by atoms with van der Waals surface area (Å²) in [6.45, 7) is 3.46. The fourth-order valence-electron chi connectivity index (χ4n) is 3.35. The maximum atomic E-state index is 12.7. The van der Waals surface area contributed by atoms with Crippen molar-refractivity contribution in [2.75, 3.05) is 11.9 Å². The Morgan fingerprint density at radius 1 is 1.12 bits per heavy atom. The van der Waals surface area contributed by atoms with Crippen molar-refractivity contribution < 1.29 is 18.8 Å². The molecular weight excluding hydrogens is 438 g/mol. The van der Waals surface area contributed by atoms with Crippen molar-refractivity contribution in [3.05, 3.63) is 82.0 Å². The van der Waals surface area contributed by atoms with Gasteiger partial charge in [0, 0.05) is 17.3 Å². The molecule has 0 unspecified atom stereocenters. The number of hydrogen-bond acceptors (Lipinski definition) is 6. The van der Waals surface area contributed by atoms with Gasteiger partial charge in [-0.05, 0) is 73.6 Å². The Hall–Kier alpha value is -4.09. The van der Waals surface area contributed by atoms with E-state index in [1.54, 1.807) is 42.5 Å². The predicted molar refractivity (Wildman–Crippen MR) is 126 cm³/mol. The van der Waals surface area contributed by atoms with Crippen molar-refractivity contribution >= 4 is 40.6 Å². The van der Waals surface area contributed by atoms with E-state index >= 15 is 0 Å². The van der Waals surface area contributed by atoms with Crippen LogP contribution in [-0.2, 0) is 9.59 Å². The highest BCUT2D eigenvalue weighted by molar-refractivity contribution is 8.18. The molecule has 3 aromatic rings. The number of aryl methyl sites for hydroxylation is 2. The molecule has 2 heterocycles. The zero-order chi connectivity index (χ0) is 23.5. The SMILES string of the molecule is Cc1ccc(NC(=O)CN2C(=O)S/C(=C\c3ccc(-c4ccc(C#N)cc4)o3)C2=O)c(C)c1. The van der Waals surface area contributed by atoms with Gasteiger partial charge in [-0.25, -0.2) is 0 Å². The summed E-state index contributed by atoms with van der Waals surface area (Å²) in [4.78, 5) is 38.6. The van der Waals surface area contributed by atoms with E-state index in [0.717, 1.165) is 33.4 Å². The second kappa shape index (κ2) is 9.18. The van der Waals surface area contributed by atoms with Gasteiger partial charge in [-0.2, -0.15) is 5.26 Å². The maximum Gasteiger partial charge on any atom is 0.294 e. The molecule has 7 nitrogen and oxygen atoms in total. The summed E-state index contributed by atoms with van der Waals surface area (Å²) in [5.41, 5.74) is 3.93. The summed E-state index contributed by atoms with van der Waals surface area (Å²) in [5.74, 6) is -0.0267. The highest BCUT2D eigenvalue weighted by atomic mass is 32.2. The first-order valence-electron chi connectivity index (χ1n) is 10.1. The van der Waals surface area contributed by atoms with Gasteiger partial charge in [0.15, 0.2) is 0 Å². The smallest absolute Gasteiger partial charge is 0.294 e. The Morgan fingerprint density at radius 2 is 1.88 bits per heavy atom. The van der Waals surface area contributed by atoms with Crippen LogP contribution in [0.2, 0.25) is 0 Å². The number of thioether (sulfide) groups is 1. The number of imide groups is 1. The Morgan fingerprint density at radius 3 is 2.58 bits per heavy atom. The number of rotatable bonds is 5. The molecule has 1 aliphatic heterocycles. The van der Waals surface area contributed by atoms with E-state index in [2.05, 4.69) is 11.4 Å². The molecule has 3 amide bonds. The number of anilines is 1. The minimum Gasteiger partial charge on any atom is -0.457 e. The monoisotopic (exact) mass is 457 g/mol. The van der Waals surface area contributed by atoms with Crippen molar-refractivity contribution in [2.45, 2.75) is 13.8 Å². The van der Waals surface area contributed by atoms with Crippen molar-refractivity contribution in [3.8, 4) is 17.4 Å². The number of carbonyl (C=O) groups is 3. The van der Waals surface area contributed by atoms with Gasteiger partial charge in [-0.1, -0.05) is 17.7 Å². The molecule has 8 heteroatoms. The van der Waals surface area contributed by atoms with Crippen LogP contribution in [0.4, 0.5) is 10.5 Å². The largest absolute Gasteiger partial charge is 0.457 e. The van der Waals surface area contributed by atoms with Gasteiger partial charge in [-0.3, -0.25) is 19.3 Å². The third-order valence-corrected chi connectivity index (χ3v) is 5.94. The van der Waals surface area contributed by atoms with Crippen molar-refractivity contribution in [1.82, 2.24) is 4.90 Å². The van der Waals surface area contributed by atoms with Crippen LogP contribution in [0, 0.1) is 25.2 Å². The van der Waals surface area contributed by atoms with Crippen molar-refractivity contribution in [1.29, 1.82) is 5.26 Å². The van der Waals surface area contributed by atoms with Crippen LogP contribution in [0.5, 0.6) is 0 Å². The number of nitrogens with zero attached hydrogens (tertiary/aromatic N) is 2. The number of nitriles is 1. The lowest BCUT2D eigenvalue weighted by Gasteiger charge is -2.13. The molecule has 33 heavy (non-hydrogen) atoms. The van der Waals surface area contributed by atoms with Crippen LogP contribution in [0.3, 0.4) is 0 Å². The Kier molecular flexibility index (Phi) is 6.16. The van der Waals surface area contributed by atoms with Gasteiger partial charge in [0.2, 0.25) is 5.91 Å². The van der Waals surface area contributed by atoms with Gasteiger partial charge in [-0.15, -0.1) is 0 Å². The summed E-state index contributed by atoms with van der Waals surface area (Å²) in [7, 11) is 0. The first kappa shape index (κ1) is 22.1. The lowest BCUT2D eigenvalue weighted by atomic mass is 10.1. The average Bonchev–Trinajstić information content (AvgIpc) is 3.36. The minimum absolute atomic E-state index is 0.181. The lowest BCUT2D eigenvalue weighted by molar-refractivity contribution is -0.127. The number of amides is 3. The summed E-state index contributed by atoms with van der Waals surface area (Å²) < 4.78 is 5.77. The molecule has 4 rings (SSSR count). The standard InChI is InChI=1S/C25H19N3O4S/c1-15-3-9-20(16(2)11-15)27-23(29)14-28-24(30)22(33-25(28)31)12-19-8-10-21(32-19)18-6-4-17(13-26)5-7-18/h3-12H,14H2,1-2H3,(H,27,29)/b22-12-. The van der Waals surface area contributed by atoms with Gasteiger partial charge in [0.25, 0.3) is 11.1 Å². The minimum atomic E-state index is -0.544. The second-order valence-corrected chi connectivity index (χ2v) is 8.52. The van der Waals surface area contributed by atoms with Crippen LogP contribution in [0.25, 0.3) is 17.4 Å². The number of benzene rings is 2. The number of hydrogen-bond donors (Lipinski definition) is 1. The average molecular weight is 458 g/mol. The van der Waals surface area contributed by atoms with E-state index in [1.807, 2.05) is 26.0 Å². The molecule has 0 aliphatic carbocycles. The fraction of sp³-hybridized carbons (Fsp3) is 0.120. The highest BCUT2D eigenvalue weighted by Crippen LogP contribution is 2.33. The topological polar surface area (TPSA) is 103 Å². The molecule has 0 spiro atoms. The van der Waals surface area contributed by atoms with E-state index in [0.29, 0.717) is 22.8 Å². The molecule has 0 radical (unpaired) electrons. The molecule has 2 aromatic carbocycles. The summed E-state index contributed by atoms with van der Waals surface area (Å²) in [5, 5.41) is 11.1. The number of furan rings is 1. The predicted octanol–water partition coefficient (Wildman–Crippen LogP) is 5.11. The Bertz CT molecular complexity index is 1330. The quantitative estimate of drug-likeness (QED) is 0.534. The molecular formula is C25H19N3O4S. The van der Waals surface area contributed by atoms with Crippen LogP contribution in [-0.4, -0.2) is 28.5 Å². The van der Waals surface area contributed by atoms with Gasteiger partial charge < -0.3 is 9.73 Å². The highest BCUT2D eigenvalue weighted by Gasteiger charge is 2.36. The summed E-state index contributed by atoms with van der Waals surface area (Å²) in [6, 6.07) is 18.0. The zero-order valence-electron chi connectivity index (χ0n) is 17.9. The third-order valence-electron chi connectivity index (χ3n) is 5.03. The third kappa shape index (κ3) is 4.89.